The Balaban J connectivity index is 1.28. The van der Waals surface area contributed by atoms with Crippen LogP contribution in [0.5, 0.6) is 5.75 Å². The Morgan fingerprint density at radius 2 is 1.53 bits per heavy atom. The van der Waals surface area contributed by atoms with Crippen molar-refractivity contribution in [2.75, 3.05) is 13.7 Å². The predicted molar refractivity (Wildman–Crippen MR) is 136 cm³/mol. The number of ether oxygens (including phenoxy) is 4. The maximum Gasteiger partial charge on any atom is 0.357 e. The molecule has 2 amide bonds. The maximum atomic E-state index is 13.4. The molecule has 0 radical (unpaired) electrons. The van der Waals surface area contributed by atoms with Crippen molar-refractivity contribution in [3.8, 4) is 5.75 Å². The van der Waals surface area contributed by atoms with Gasteiger partial charge >= 0.3 is 5.97 Å². The van der Waals surface area contributed by atoms with E-state index in [1.165, 1.54) is 12.0 Å². The molecule has 2 saturated heterocycles. The number of nitrogens with one attached hydrogen (secondary N) is 1. The van der Waals surface area contributed by atoms with Crippen LogP contribution in [0.3, 0.4) is 0 Å². The number of hydrogen-bond donors (Lipinski definition) is 1. The van der Waals surface area contributed by atoms with E-state index in [0.29, 0.717) is 5.75 Å². The first-order chi connectivity index (χ1) is 18.5. The highest BCUT2D eigenvalue weighted by Gasteiger charge is 2.58. The number of carbonyl (C=O) groups is 3. The number of rotatable bonds is 9. The van der Waals surface area contributed by atoms with Gasteiger partial charge in [0.1, 0.15) is 11.8 Å². The topological polar surface area (TPSA) is 103 Å². The molecule has 2 fully saturated rings. The van der Waals surface area contributed by atoms with Crippen LogP contribution in [0.1, 0.15) is 23.7 Å². The third-order valence-corrected chi connectivity index (χ3v) is 6.56. The van der Waals surface area contributed by atoms with E-state index < -0.39 is 48.5 Å². The van der Waals surface area contributed by atoms with E-state index in [4.69, 9.17) is 18.9 Å². The molecular weight excluding hydrogens is 488 g/mol. The molecule has 9 nitrogen and oxygen atoms in total. The summed E-state index contributed by atoms with van der Waals surface area (Å²) in [5.74, 6) is -1.06. The molecule has 2 aliphatic heterocycles. The Hall–Kier alpha value is -4.21. The van der Waals surface area contributed by atoms with Gasteiger partial charge in [-0.25, -0.2) is 4.79 Å². The Kier molecular flexibility index (Phi) is 7.67. The maximum absolute atomic E-state index is 13.4. The van der Waals surface area contributed by atoms with Crippen molar-refractivity contribution in [1.82, 2.24) is 10.2 Å². The molecule has 0 saturated carbocycles. The zero-order valence-electron chi connectivity index (χ0n) is 20.8. The van der Waals surface area contributed by atoms with Gasteiger partial charge in [0.05, 0.1) is 6.04 Å². The Labute approximate surface area is 220 Å². The number of hydrogen-bond acceptors (Lipinski definition) is 7. The summed E-state index contributed by atoms with van der Waals surface area (Å²) in [5, 5.41) is 2.71. The highest BCUT2D eigenvalue weighted by atomic mass is 16.7. The number of amides is 2. The SMILES string of the molecule is CO[C@@H]1CC2C(NC(=O)COc3ccccc3)C(=O)N2[C@@H](C(=O)OC(c2ccccc2)c2ccccc2)O1. The lowest BCUT2D eigenvalue weighted by atomic mass is 9.89. The van der Waals surface area contributed by atoms with Gasteiger partial charge in [0.15, 0.2) is 19.0 Å². The number of para-hydroxylation sites is 1. The molecule has 0 aliphatic carbocycles. The van der Waals surface area contributed by atoms with E-state index in [2.05, 4.69) is 5.32 Å². The van der Waals surface area contributed by atoms with Crippen molar-refractivity contribution < 1.29 is 33.3 Å². The van der Waals surface area contributed by atoms with Gasteiger partial charge in [0.2, 0.25) is 12.1 Å². The summed E-state index contributed by atoms with van der Waals surface area (Å²) in [6.45, 7) is -0.244. The Morgan fingerprint density at radius 3 is 2.11 bits per heavy atom. The Morgan fingerprint density at radius 1 is 0.947 bits per heavy atom. The predicted octanol–water partition coefficient (Wildman–Crippen LogP) is 2.81. The smallest absolute Gasteiger partial charge is 0.357 e. The molecule has 38 heavy (non-hydrogen) atoms. The molecule has 0 bridgehead atoms. The van der Waals surface area contributed by atoms with Crippen LogP contribution in [0.4, 0.5) is 0 Å². The average molecular weight is 517 g/mol. The molecule has 2 heterocycles. The third kappa shape index (κ3) is 5.39. The van der Waals surface area contributed by atoms with Gasteiger partial charge in [-0.05, 0) is 23.3 Å². The summed E-state index contributed by atoms with van der Waals surface area (Å²) >= 11 is 0. The van der Waals surface area contributed by atoms with E-state index in [0.717, 1.165) is 11.1 Å². The van der Waals surface area contributed by atoms with Gasteiger partial charge in [-0.1, -0.05) is 78.9 Å². The van der Waals surface area contributed by atoms with Gasteiger partial charge in [-0.15, -0.1) is 0 Å². The van der Waals surface area contributed by atoms with Gasteiger partial charge in [-0.3, -0.25) is 14.5 Å². The van der Waals surface area contributed by atoms with E-state index >= 15 is 0 Å². The van der Waals surface area contributed by atoms with E-state index in [1.54, 1.807) is 24.3 Å². The second-order valence-electron chi connectivity index (χ2n) is 8.99. The molecule has 2 unspecified atom stereocenters. The zero-order valence-corrected chi connectivity index (χ0v) is 20.8. The average Bonchev–Trinajstić information content (AvgIpc) is 2.98. The number of nitrogens with zero attached hydrogens (tertiary/aromatic N) is 1. The molecule has 0 aromatic heterocycles. The molecule has 1 N–H and O–H groups in total. The fourth-order valence-electron chi connectivity index (χ4n) is 4.69. The monoisotopic (exact) mass is 516 g/mol. The van der Waals surface area contributed by atoms with Crippen LogP contribution in [0.25, 0.3) is 0 Å². The van der Waals surface area contributed by atoms with Crippen molar-refractivity contribution in [1.29, 1.82) is 0 Å². The number of esters is 1. The summed E-state index contributed by atoms with van der Waals surface area (Å²) in [5.41, 5.74) is 1.56. The van der Waals surface area contributed by atoms with Crippen molar-refractivity contribution in [3.05, 3.63) is 102 Å². The zero-order chi connectivity index (χ0) is 26.5. The van der Waals surface area contributed by atoms with E-state index in [1.807, 2.05) is 66.7 Å². The van der Waals surface area contributed by atoms with Gasteiger partial charge in [0.25, 0.3) is 5.91 Å². The standard InChI is InChI=1S/C29H28N2O7/c1-35-24-17-22-25(30-23(32)18-36-21-15-9-4-10-16-21)27(33)31(22)28(37-24)29(34)38-26(19-11-5-2-6-12-19)20-13-7-3-8-14-20/h2-16,22,24-26,28H,17-18H2,1H3,(H,30,32)/t22?,24-,25?,28+/m0/s1. The van der Waals surface area contributed by atoms with Crippen LogP contribution in [0, 0.1) is 0 Å². The highest BCUT2D eigenvalue weighted by molar-refractivity contribution is 5.96. The van der Waals surface area contributed by atoms with Gasteiger partial charge < -0.3 is 24.3 Å². The minimum atomic E-state index is -1.31. The fourth-order valence-corrected chi connectivity index (χ4v) is 4.69. The van der Waals surface area contributed by atoms with E-state index in [-0.39, 0.29) is 13.0 Å². The second-order valence-corrected chi connectivity index (χ2v) is 8.99. The lowest BCUT2D eigenvalue weighted by molar-refractivity contribution is -0.265. The first-order valence-electron chi connectivity index (χ1n) is 12.3. The fraction of sp³-hybridized carbons (Fsp3) is 0.276. The number of carbonyl (C=O) groups excluding carboxylic acids is 3. The van der Waals surface area contributed by atoms with Crippen molar-refractivity contribution >= 4 is 17.8 Å². The molecule has 9 heteroatoms. The number of benzene rings is 3. The quantitative estimate of drug-likeness (QED) is 0.345. The molecule has 5 rings (SSSR count). The number of β-lactam (4-membered cyclic amide) rings is 1. The lowest BCUT2D eigenvalue weighted by Gasteiger charge is -2.53. The highest BCUT2D eigenvalue weighted by Crippen LogP contribution is 2.35. The van der Waals surface area contributed by atoms with Crippen molar-refractivity contribution in [2.45, 2.75) is 37.1 Å². The second kappa shape index (κ2) is 11.5. The van der Waals surface area contributed by atoms with Crippen LogP contribution in [0.15, 0.2) is 91.0 Å². The number of fused-ring (bicyclic) bond motifs is 1. The molecule has 3 aromatic rings. The van der Waals surface area contributed by atoms with Gasteiger partial charge in [-0.2, -0.15) is 0 Å². The lowest BCUT2D eigenvalue weighted by Crippen LogP contribution is -2.77. The van der Waals surface area contributed by atoms with Gasteiger partial charge in [0, 0.05) is 13.5 Å². The summed E-state index contributed by atoms with van der Waals surface area (Å²) in [7, 11) is 1.46. The largest absolute Gasteiger partial charge is 0.484 e. The minimum Gasteiger partial charge on any atom is -0.484 e. The summed E-state index contributed by atoms with van der Waals surface area (Å²) < 4.78 is 22.6. The van der Waals surface area contributed by atoms with Crippen LogP contribution in [-0.2, 0) is 28.6 Å². The molecule has 3 aromatic carbocycles. The first-order valence-corrected chi connectivity index (χ1v) is 12.3. The first kappa shape index (κ1) is 25.4. The third-order valence-electron chi connectivity index (χ3n) is 6.56. The Bertz CT molecular complexity index is 1220. The van der Waals surface area contributed by atoms with Crippen LogP contribution in [0.2, 0.25) is 0 Å². The van der Waals surface area contributed by atoms with Crippen LogP contribution in [-0.4, -0.2) is 61.0 Å². The van der Waals surface area contributed by atoms with Crippen LogP contribution < -0.4 is 10.1 Å². The van der Waals surface area contributed by atoms with Crippen molar-refractivity contribution in [3.63, 3.8) is 0 Å². The number of methoxy groups -OCH3 is 1. The van der Waals surface area contributed by atoms with E-state index in [9.17, 15) is 14.4 Å². The molecule has 0 spiro atoms. The minimum absolute atomic E-state index is 0.244. The summed E-state index contributed by atoms with van der Waals surface area (Å²) in [4.78, 5) is 40.3. The molecule has 196 valence electrons. The normalized spacial score (nSPS) is 22.3. The molecule has 4 atom stereocenters. The van der Waals surface area contributed by atoms with Crippen molar-refractivity contribution in [2.24, 2.45) is 0 Å². The summed E-state index contributed by atoms with van der Waals surface area (Å²) in [6, 6.07) is 26.3. The summed E-state index contributed by atoms with van der Waals surface area (Å²) in [6.07, 6.45) is -2.47. The molecule has 2 aliphatic rings. The molecular formula is C29H28N2O7. The van der Waals surface area contributed by atoms with Crippen LogP contribution >= 0.6 is 0 Å².